The van der Waals surface area contributed by atoms with Crippen molar-refractivity contribution in [2.45, 2.75) is 79.4 Å². The molecule has 5 rings (SSSR count). The summed E-state index contributed by atoms with van der Waals surface area (Å²) in [6.45, 7) is 11.9. The largest absolute Gasteiger partial charge is 0.446 e. The number of aryl methyl sites for hydroxylation is 1. The van der Waals surface area contributed by atoms with Crippen molar-refractivity contribution < 1.29 is 9.53 Å². The molecule has 0 spiro atoms. The first-order valence-electron chi connectivity index (χ1n) is 14.5. The Kier molecular flexibility index (Phi) is 9.26. The summed E-state index contributed by atoms with van der Waals surface area (Å²) in [5, 5.41) is 14.1. The molecule has 1 fully saturated rings. The second kappa shape index (κ2) is 12.8. The van der Waals surface area contributed by atoms with E-state index in [1.165, 1.54) is 12.8 Å². The molecule has 6 nitrogen and oxygen atoms in total. The van der Waals surface area contributed by atoms with Crippen LogP contribution >= 0.6 is 0 Å². The predicted molar refractivity (Wildman–Crippen MR) is 163 cm³/mol. The topological polar surface area (TPSA) is 79.9 Å². The number of hydrogen-bond acceptors (Lipinski definition) is 4. The summed E-state index contributed by atoms with van der Waals surface area (Å²) in [6, 6.07) is 22.9. The highest BCUT2D eigenvalue weighted by Crippen LogP contribution is 2.42. The lowest BCUT2D eigenvalue weighted by molar-refractivity contribution is 0.0940. The first-order valence-corrected chi connectivity index (χ1v) is 14.5. The number of aromatic nitrogens is 2. The first-order chi connectivity index (χ1) is 19.4. The van der Waals surface area contributed by atoms with Gasteiger partial charge >= 0.3 is 6.09 Å². The molecule has 0 saturated heterocycles. The Morgan fingerprint density at radius 2 is 1.70 bits per heavy atom. The van der Waals surface area contributed by atoms with Crippen LogP contribution in [0.25, 0.3) is 33.4 Å². The highest BCUT2D eigenvalue weighted by molar-refractivity contribution is 5.97. The van der Waals surface area contributed by atoms with Gasteiger partial charge in [0, 0.05) is 28.4 Å². The number of fused-ring (bicyclic) bond motifs is 1. The molecule has 1 aliphatic rings. The number of anilines is 1. The van der Waals surface area contributed by atoms with Crippen LogP contribution < -0.4 is 5.32 Å². The fourth-order valence-electron chi connectivity index (χ4n) is 5.28. The maximum absolute atomic E-state index is 12.3. The molecule has 40 heavy (non-hydrogen) atoms. The molecule has 4 aromatic rings. The number of benzene rings is 2. The molecule has 1 amide bonds. The first kappa shape index (κ1) is 28.9. The van der Waals surface area contributed by atoms with Crippen LogP contribution in [0.4, 0.5) is 10.5 Å². The van der Waals surface area contributed by atoms with Gasteiger partial charge in [0.1, 0.15) is 12.2 Å². The number of carbonyl (C=O) groups excluding carboxylic acids is 1. The summed E-state index contributed by atoms with van der Waals surface area (Å²) >= 11 is 0. The number of nitrogens with one attached hydrogen (secondary N) is 1. The lowest BCUT2D eigenvalue weighted by atomic mass is 10.0. The lowest BCUT2D eigenvalue weighted by Gasteiger charge is -2.19. The molecular formula is C34H40N4O2. The molecule has 1 N–H and O–H groups in total. The highest BCUT2D eigenvalue weighted by atomic mass is 16.6. The highest BCUT2D eigenvalue weighted by Gasteiger charge is 2.26. The van der Waals surface area contributed by atoms with Crippen molar-refractivity contribution in [1.29, 1.82) is 5.26 Å². The quantitative estimate of drug-likeness (QED) is 0.266. The minimum Gasteiger partial charge on any atom is -0.446 e. The van der Waals surface area contributed by atoms with Crippen LogP contribution in [0, 0.1) is 24.2 Å². The number of hydrogen-bond donors (Lipinski definition) is 1. The van der Waals surface area contributed by atoms with E-state index in [1.807, 2.05) is 84.0 Å². The van der Waals surface area contributed by atoms with Crippen molar-refractivity contribution in [2.75, 3.05) is 5.32 Å². The van der Waals surface area contributed by atoms with Gasteiger partial charge < -0.3 is 9.30 Å². The third kappa shape index (κ3) is 6.04. The molecule has 2 aromatic carbocycles. The summed E-state index contributed by atoms with van der Waals surface area (Å²) < 4.78 is 7.82. The third-order valence-corrected chi connectivity index (χ3v) is 7.63. The van der Waals surface area contributed by atoms with Crippen molar-refractivity contribution in [3.8, 4) is 28.6 Å². The Bertz CT molecular complexity index is 1510. The number of ether oxygens (including phenoxy) is 1. The Labute approximate surface area is 238 Å². The van der Waals surface area contributed by atoms with Crippen LogP contribution in [-0.4, -0.2) is 21.7 Å². The second-order valence-electron chi connectivity index (χ2n) is 10.6. The van der Waals surface area contributed by atoms with Crippen LogP contribution in [0.3, 0.4) is 0 Å². The fraction of sp³-hybridized carbons (Fsp3) is 0.382. The molecular weight excluding hydrogens is 496 g/mol. The number of nitrogens with zero attached hydrogens (tertiary/aromatic N) is 3. The predicted octanol–water partition coefficient (Wildman–Crippen LogP) is 9.28. The zero-order valence-corrected chi connectivity index (χ0v) is 24.5. The smallest absolute Gasteiger partial charge is 0.411 e. The van der Waals surface area contributed by atoms with E-state index in [0.29, 0.717) is 17.3 Å². The summed E-state index contributed by atoms with van der Waals surface area (Å²) in [4.78, 5) is 17.0. The molecule has 208 valence electrons. The standard InChI is InChI=1S/C32H34N4O2.C2H6/c1-20(2)22(4)38-32(37)35-25-15-12-23(13-16-25)31-28(19-33)27-17-14-24(29-11-7-8-21(3)34-29)18-30(27)36(31)26-9-5-6-10-26;1-2/h7-8,11-18,20,22,26H,5-6,9-10H2,1-4H3,(H,35,37);1-2H3/t22-;/m1./s1. The van der Waals surface area contributed by atoms with Crippen molar-refractivity contribution in [3.63, 3.8) is 0 Å². The molecule has 1 saturated carbocycles. The Morgan fingerprint density at radius 1 is 1.02 bits per heavy atom. The molecule has 0 aliphatic heterocycles. The normalized spacial score (nSPS) is 13.9. The van der Waals surface area contributed by atoms with Crippen LogP contribution in [0.5, 0.6) is 0 Å². The van der Waals surface area contributed by atoms with Crippen molar-refractivity contribution >= 4 is 22.7 Å². The van der Waals surface area contributed by atoms with Crippen LogP contribution in [0.1, 0.15) is 77.6 Å². The fourth-order valence-corrected chi connectivity index (χ4v) is 5.28. The van der Waals surface area contributed by atoms with E-state index in [4.69, 9.17) is 9.72 Å². The summed E-state index contributed by atoms with van der Waals surface area (Å²) in [6.07, 6.45) is 3.92. The van der Waals surface area contributed by atoms with Crippen LogP contribution in [-0.2, 0) is 4.74 Å². The van der Waals surface area contributed by atoms with Crippen molar-refractivity contribution in [3.05, 3.63) is 71.9 Å². The molecule has 2 aromatic heterocycles. The average Bonchev–Trinajstić information content (AvgIpc) is 3.60. The van der Waals surface area contributed by atoms with E-state index in [0.717, 1.165) is 52.0 Å². The Morgan fingerprint density at radius 3 is 2.33 bits per heavy atom. The number of carbonyl (C=O) groups is 1. The molecule has 0 bridgehead atoms. The number of amides is 1. The van der Waals surface area contributed by atoms with E-state index in [-0.39, 0.29) is 12.0 Å². The summed E-state index contributed by atoms with van der Waals surface area (Å²) in [7, 11) is 0. The van der Waals surface area contributed by atoms with Gasteiger partial charge in [0.15, 0.2) is 0 Å². The van der Waals surface area contributed by atoms with Crippen molar-refractivity contribution in [1.82, 2.24) is 9.55 Å². The monoisotopic (exact) mass is 536 g/mol. The van der Waals surface area contributed by atoms with E-state index >= 15 is 0 Å². The van der Waals surface area contributed by atoms with Gasteiger partial charge in [0.05, 0.1) is 22.5 Å². The van der Waals surface area contributed by atoms with Gasteiger partial charge in [-0.25, -0.2) is 4.79 Å². The van der Waals surface area contributed by atoms with E-state index < -0.39 is 6.09 Å². The zero-order valence-electron chi connectivity index (χ0n) is 24.5. The molecule has 6 heteroatoms. The third-order valence-electron chi connectivity index (χ3n) is 7.63. The SMILES string of the molecule is CC.Cc1cccc(-c2ccc3c(C#N)c(-c4ccc(NC(=O)O[C@H](C)C(C)C)cc4)n(C4CCCC4)c3c2)n1. The second-order valence-corrected chi connectivity index (χ2v) is 10.6. The van der Waals surface area contributed by atoms with Crippen LogP contribution in [0.2, 0.25) is 0 Å². The average molecular weight is 537 g/mol. The van der Waals surface area contributed by atoms with Gasteiger partial charge in [0.2, 0.25) is 0 Å². The molecule has 1 atom stereocenters. The summed E-state index contributed by atoms with van der Waals surface area (Å²) in [5.41, 5.74) is 7.25. The van der Waals surface area contributed by atoms with Crippen LogP contribution in [0.15, 0.2) is 60.7 Å². The minimum atomic E-state index is -0.464. The van der Waals surface area contributed by atoms with Gasteiger partial charge in [0.25, 0.3) is 0 Å². The number of pyridine rings is 1. The number of rotatable bonds is 6. The van der Waals surface area contributed by atoms with E-state index in [1.54, 1.807) is 0 Å². The molecule has 0 unspecified atom stereocenters. The van der Waals surface area contributed by atoms with Gasteiger partial charge in [-0.05, 0) is 68.5 Å². The lowest BCUT2D eigenvalue weighted by Crippen LogP contribution is -2.23. The van der Waals surface area contributed by atoms with E-state index in [9.17, 15) is 10.1 Å². The number of nitriles is 1. The van der Waals surface area contributed by atoms with E-state index in [2.05, 4.69) is 34.2 Å². The van der Waals surface area contributed by atoms with Gasteiger partial charge in [-0.2, -0.15) is 5.26 Å². The molecule has 2 heterocycles. The van der Waals surface area contributed by atoms with Gasteiger partial charge in [-0.3, -0.25) is 10.3 Å². The van der Waals surface area contributed by atoms with Gasteiger partial charge in [-0.1, -0.05) is 70.9 Å². The summed E-state index contributed by atoms with van der Waals surface area (Å²) in [5.74, 6) is 0.243. The van der Waals surface area contributed by atoms with Gasteiger partial charge in [-0.15, -0.1) is 0 Å². The Balaban J connectivity index is 0.00000181. The molecule has 0 radical (unpaired) electrons. The molecule has 1 aliphatic carbocycles. The maximum Gasteiger partial charge on any atom is 0.411 e. The maximum atomic E-state index is 12.3. The van der Waals surface area contributed by atoms with Crippen molar-refractivity contribution in [2.24, 2.45) is 5.92 Å². The Hall–Kier alpha value is -4.11. The minimum absolute atomic E-state index is 0.172. The zero-order chi connectivity index (χ0) is 28.8.